The van der Waals surface area contributed by atoms with Crippen molar-refractivity contribution in [3.63, 3.8) is 0 Å². The van der Waals surface area contributed by atoms with Gasteiger partial charge in [-0.15, -0.1) is 0 Å². The highest BCUT2D eigenvalue weighted by atomic mass is 31.2. The molecule has 19 heteroatoms. The molecule has 0 saturated heterocycles. The van der Waals surface area contributed by atoms with Crippen LogP contribution in [0.25, 0.3) is 0 Å². The Labute approximate surface area is 600 Å². The van der Waals surface area contributed by atoms with E-state index >= 15 is 0 Å². The number of unbranched alkanes of at least 4 members (excludes halogenated alkanes) is 41. The maximum Gasteiger partial charge on any atom is 0.472 e. The van der Waals surface area contributed by atoms with E-state index in [1.165, 1.54) is 205 Å². The van der Waals surface area contributed by atoms with E-state index in [4.69, 9.17) is 37.0 Å². The van der Waals surface area contributed by atoms with Crippen molar-refractivity contribution in [1.29, 1.82) is 0 Å². The van der Waals surface area contributed by atoms with Gasteiger partial charge in [-0.3, -0.25) is 37.3 Å². The van der Waals surface area contributed by atoms with Crippen LogP contribution in [0, 0.1) is 23.7 Å². The van der Waals surface area contributed by atoms with Crippen LogP contribution in [-0.2, 0) is 65.4 Å². The van der Waals surface area contributed by atoms with Crippen molar-refractivity contribution < 1.29 is 80.2 Å². The Morgan fingerprint density at radius 3 is 0.724 bits per heavy atom. The number of phosphoric acid groups is 2. The molecule has 98 heavy (non-hydrogen) atoms. The third-order valence-corrected chi connectivity index (χ3v) is 20.6. The molecule has 0 aromatic rings. The molecule has 0 aromatic heterocycles. The monoisotopic (exact) mass is 1440 g/mol. The molecule has 0 bridgehead atoms. The minimum atomic E-state index is -4.96. The van der Waals surface area contributed by atoms with Gasteiger partial charge >= 0.3 is 39.5 Å². The molecule has 0 heterocycles. The van der Waals surface area contributed by atoms with Gasteiger partial charge in [0.15, 0.2) is 12.2 Å². The second-order valence-electron chi connectivity index (χ2n) is 30.1. The summed E-state index contributed by atoms with van der Waals surface area (Å²) in [5.41, 5.74) is 0. The lowest BCUT2D eigenvalue weighted by Crippen LogP contribution is -2.30. The lowest BCUT2D eigenvalue weighted by atomic mass is 9.99. The van der Waals surface area contributed by atoms with Gasteiger partial charge in [0.2, 0.25) is 0 Å². The maximum atomic E-state index is 13.1. The highest BCUT2D eigenvalue weighted by Crippen LogP contribution is 2.45. The second-order valence-corrected chi connectivity index (χ2v) is 33.0. The Morgan fingerprint density at radius 2 is 0.490 bits per heavy atom. The van der Waals surface area contributed by atoms with Crippen LogP contribution >= 0.6 is 15.6 Å². The Morgan fingerprint density at radius 1 is 0.286 bits per heavy atom. The summed E-state index contributed by atoms with van der Waals surface area (Å²) in [5, 5.41) is 10.6. The number of aliphatic hydroxyl groups is 1. The Bertz CT molecular complexity index is 1920. The maximum absolute atomic E-state index is 13.1. The van der Waals surface area contributed by atoms with Crippen molar-refractivity contribution in [3.05, 3.63) is 0 Å². The van der Waals surface area contributed by atoms with E-state index in [2.05, 4.69) is 55.4 Å². The average Bonchev–Trinajstić information content (AvgIpc) is 1.16. The summed E-state index contributed by atoms with van der Waals surface area (Å²) in [6.07, 6.45) is 54.2. The standard InChI is InChI=1S/C79H154O17P2/c1-9-72(8)58-50-42-34-24-20-16-13-14-17-21-25-35-43-51-59-76(81)89-65-74(95-78(83)61-53-45-37-26-22-18-12-10-11-15-19-23-31-39-47-55-69(2)3)67-93-97(85,86)91-63-73(80)64-92-98(87,88)94-68-75(96-79(84)62-54-46-38-30-28-33-41-49-57-71(6)7)66-90-77(82)60-52-44-36-29-27-32-40-48-56-70(4)5/h69-75,80H,9-68H2,1-8H3,(H,85,86)(H,87,88)/t72?,73?,74-,75-/m1/s1. The SMILES string of the molecule is CCC(C)CCCCCCCCCCCCCCCCC(=O)OC[C@H](COP(=O)(O)OCC(O)COP(=O)(O)OC[C@@H](COC(=O)CCCCCCCCCCC(C)C)OC(=O)CCCCCCCCCCC(C)C)OC(=O)CCCCCCCCCCCCCCCCCC(C)C. The number of carbonyl (C=O) groups excluding carboxylic acids is 4. The largest absolute Gasteiger partial charge is 0.472 e. The van der Waals surface area contributed by atoms with Gasteiger partial charge in [-0.2, -0.15) is 0 Å². The molecule has 0 fully saturated rings. The minimum Gasteiger partial charge on any atom is -0.462 e. The third-order valence-electron chi connectivity index (χ3n) is 18.7. The Kier molecular flexibility index (Phi) is 66.8. The quantitative estimate of drug-likeness (QED) is 0.0222. The first-order valence-electron chi connectivity index (χ1n) is 40.7. The summed E-state index contributed by atoms with van der Waals surface area (Å²) >= 11 is 0. The van der Waals surface area contributed by atoms with Crippen molar-refractivity contribution in [1.82, 2.24) is 0 Å². The van der Waals surface area contributed by atoms with E-state index in [1.807, 2.05) is 0 Å². The van der Waals surface area contributed by atoms with Crippen LogP contribution in [0.4, 0.5) is 0 Å². The number of rotatable bonds is 76. The van der Waals surface area contributed by atoms with E-state index in [0.29, 0.717) is 25.7 Å². The summed E-state index contributed by atoms with van der Waals surface area (Å²) in [4.78, 5) is 72.9. The molecule has 3 N–H and O–H groups in total. The number of hydrogen-bond donors (Lipinski definition) is 3. The number of hydrogen-bond acceptors (Lipinski definition) is 15. The fourth-order valence-corrected chi connectivity index (χ4v) is 13.6. The van der Waals surface area contributed by atoms with Crippen LogP contribution in [0.2, 0.25) is 0 Å². The number of phosphoric ester groups is 2. The molecule has 4 unspecified atom stereocenters. The molecule has 17 nitrogen and oxygen atoms in total. The Hall–Kier alpha value is -1.94. The predicted molar refractivity (Wildman–Crippen MR) is 400 cm³/mol. The zero-order valence-electron chi connectivity index (χ0n) is 64.4. The van der Waals surface area contributed by atoms with Gasteiger partial charge in [-0.25, -0.2) is 9.13 Å². The lowest BCUT2D eigenvalue weighted by Gasteiger charge is -2.21. The second kappa shape index (κ2) is 68.2. The average molecular weight is 1440 g/mol. The lowest BCUT2D eigenvalue weighted by molar-refractivity contribution is -0.161. The van der Waals surface area contributed by atoms with Crippen LogP contribution in [-0.4, -0.2) is 96.7 Å². The van der Waals surface area contributed by atoms with E-state index in [-0.39, 0.29) is 25.7 Å². The molecule has 582 valence electrons. The molecule has 6 atom stereocenters. The van der Waals surface area contributed by atoms with Crippen LogP contribution < -0.4 is 0 Å². The fraction of sp³-hybridized carbons (Fsp3) is 0.949. The van der Waals surface area contributed by atoms with Crippen molar-refractivity contribution in [2.24, 2.45) is 23.7 Å². The zero-order chi connectivity index (χ0) is 72.4. The summed E-state index contributed by atoms with van der Waals surface area (Å²) in [7, 11) is -9.92. The summed E-state index contributed by atoms with van der Waals surface area (Å²) in [6, 6.07) is 0. The number of aliphatic hydroxyl groups excluding tert-OH is 1. The van der Waals surface area contributed by atoms with Gasteiger partial charge in [0.25, 0.3) is 0 Å². The molecule has 0 saturated carbocycles. The molecule has 0 aromatic carbocycles. The van der Waals surface area contributed by atoms with E-state index in [9.17, 15) is 43.2 Å². The molecular weight excluding hydrogens is 1280 g/mol. The molecule has 0 spiro atoms. The van der Waals surface area contributed by atoms with Gasteiger partial charge < -0.3 is 33.8 Å². The molecule has 0 aliphatic rings. The first kappa shape index (κ1) is 96.1. The Balaban J connectivity index is 5.24. The van der Waals surface area contributed by atoms with E-state index in [1.54, 1.807) is 0 Å². The normalized spacial score (nSPS) is 14.3. The van der Waals surface area contributed by atoms with Gasteiger partial charge in [0.1, 0.15) is 19.3 Å². The third kappa shape index (κ3) is 71.1. The molecule has 0 amide bonds. The van der Waals surface area contributed by atoms with Gasteiger partial charge in [0, 0.05) is 25.7 Å². The van der Waals surface area contributed by atoms with Crippen LogP contribution in [0.3, 0.4) is 0 Å². The van der Waals surface area contributed by atoms with Gasteiger partial charge in [0.05, 0.1) is 26.4 Å². The highest BCUT2D eigenvalue weighted by molar-refractivity contribution is 7.47. The minimum absolute atomic E-state index is 0.104. The first-order valence-corrected chi connectivity index (χ1v) is 43.7. The molecule has 0 radical (unpaired) electrons. The van der Waals surface area contributed by atoms with Gasteiger partial charge in [-0.1, -0.05) is 351 Å². The predicted octanol–water partition coefficient (Wildman–Crippen LogP) is 23.2. The topological polar surface area (TPSA) is 237 Å². The highest BCUT2D eigenvalue weighted by Gasteiger charge is 2.30. The summed E-state index contributed by atoms with van der Waals surface area (Å²) in [5.74, 6) is 0.979. The number of esters is 4. The van der Waals surface area contributed by atoms with Crippen molar-refractivity contribution in [3.8, 4) is 0 Å². The molecular formula is C79H154O17P2. The van der Waals surface area contributed by atoms with Crippen molar-refractivity contribution in [2.75, 3.05) is 39.6 Å². The first-order chi connectivity index (χ1) is 47.1. The summed E-state index contributed by atoms with van der Waals surface area (Å²) < 4.78 is 68.6. The van der Waals surface area contributed by atoms with Crippen LogP contribution in [0.1, 0.15) is 402 Å². The van der Waals surface area contributed by atoms with Crippen LogP contribution in [0.5, 0.6) is 0 Å². The molecule has 0 aliphatic heterocycles. The van der Waals surface area contributed by atoms with Crippen molar-refractivity contribution >= 4 is 39.5 Å². The summed E-state index contributed by atoms with van der Waals surface area (Å²) in [6.45, 7) is 14.2. The zero-order valence-corrected chi connectivity index (χ0v) is 66.2. The fourth-order valence-electron chi connectivity index (χ4n) is 12.0. The molecule has 0 aliphatic carbocycles. The smallest absolute Gasteiger partial charge is 0.462 e. The molecule has 0 rings (SSSR count). The number of carbonyl (C=O) groups is 4. The van der Waals surface area contributed by atoms with Crippen LogP contribution in [0.15, 0.2) is 0 Å². The van der Waals surface area contributed by atoms with E-state index in [0.717, 1.165) is 114 Å². The number of ether oxygens (including phenoxy) is 4. The van der Waals surface area contributed by atoms with Gasteiger partial charge in [-0.05, 0) is 49.4 Å². The van der Waals surface area contributed by atoms with Crippen molar-refractivity contribution in [2.45, 2.75) is 420 Å². The van der Waals surface area contributed by atoms with E-state index < -0.39 is 97.5 Å².